The van der Waals surface area contributed by atoms with Gasteiger partial charge in [0, 0.05) is 6.08 Å². The van der Waals surface area contributed by atoms with Crippen LogP contribution in [0, 0.1) is 0 Å². The van der Waals surface area contributed by atoms with Crippen molar-refractivity contribution < 1.29 is 18.3 Å². The van der Waals surface area contributed by atoms with Crippen LogP contribution in [0.4, 0.5) is 5.69 Å². The summed E-state index contributed by atoms with van der Waals surface area (Å²) in [5, 5.41) is 8.84. The number of hydrogen-bond acceptors (Lipinski definition) is 3. The predicted molar refractivity (Wildman–Crippen MR) is 85.4 cm³/mol. The van der Waals surface area contributed by atoms with E-state index in [0.717, 1.165) is 6.08 Å². The fourth-order valence-electron chi connectivity index (χ4n) is 1.67. The monoisotopic (exact) mass is 337 g/mol. The number of halogens is 1. The highest BCUT2D eigenvalue weighted by molar-refractivity contribution is 7.92. The van der Waals surface area contributed by atoms with Crippen molar-refractivity contribution >= 4 is 39.4 Å². The molecule has 22 heavy (non-hydrogen) atoms. The first kappa shape index (κ1) is 16.1. The van der Waals surface area contributed by atoms with E-state index in [1.54, 1.807) is 24.3 Å². The summed E-state index contributed by atoms with van der Waals surface area (Å²) in [5.41, 5.74) is 0.873. The molecule has 0 aliphatic carbocycles. The first-order valence-electron chi connectivity index (χ1n) is 6.17. The van der Waals surface area contributed by atoms with Crippen LogP contribution in [0.15, 0.2) is 59.5 Å². The highest BCUT2D eigenvalue weighted by Gasteiger charge is 2.15. The number of rotatable bonds is 5. The summed E-state index contributed by atoms with van der Waals surface area (Å²) in [6, 6.07) is 12.3. The Labute approximate surface area is 132 Å². The van der Waals surface area contributed by atoms with Crippen LogP contribution in [0.2, 0.25) is 5.02 Å². The molecular weight excluding hydrogens is 326 g/mol. The highest BCUT2D eigenvalue weighted by atomic mass is 35.5. The second kappa shape index (κ2) is 6.64. The van der Waals surface area contributed by atoms with Gasteiger partial charge in [-0.25, -0.2) is 13.2 Å². The van der Waals surface area contributed by atoms with Crippen LogP contribution in [-0.4, -0.2) is 19.5 Å². The molecule has 0 fully saturated rings. The lowest BCUT2D eigenvalue weighted by molar-refractivity contribution is -0.131. The van der Waals surface area contributed by atoms with Crippen LogP contribution in [0.1, 0.15) is 5.56 Å². The number of para-hydroxylation sites is 1. The summed E-state index contributed by atoms with van der Waals surface area (Å²) >= 11 is 5.92. The number of carbonyl (C=O) groups is 1. The Bertz CT molecular complexity index is 814. The van der Waals surface area contributed by atoms with Gasteiger partial charge >= 0.3 is 5.97 Å². The van der Waals surface area contributed by atoms with E-state index < -0.39 is 16.0 Å². The highest BCUT2D eigenvalue weighted by Crippen LogP contribution is 2.24. The van der Waals surface area contributed by atoms with Crippen LogP contribution in [0.5, 0.6) is 0 Å². The number of hydrogen-bond donors (Lipinski definition) is 2. The molecule has 0 amide bonds. The van der Waals surface area contributed by atoms with Crippen molar-refractivity contribution in [2.45, 2.75) is 4.90 Å². The van der Waals surface area contributed by atoms with Gasteiger partial charge in [-0.2, -0.15) is 0 Å². The maximum atomic E-state index is 12.2. The van der Waals surface area contributed by atoms with Crippen molar-refractivity contribution in [3.63, 3.8) is 0 Å². The number of anilines is 1. The van der Waals surface area contributed by atoms with Gasteiger partial charge in [-0.1, -0.05) is 35.9 Å². The third-order valence-electron chi connectivity index (χ3n) is 2.73. The maximum Gasteiger partial charge on any atom is 0.328 e. The molecular formula is C15H12ClNO4S. The van der Waals surface area contributed by atoms with E-state index in [2.05, 4.69) is 4.72 Å². The molecule has 0 saturated heterocycles. The molecule has 2 aromatic carbocycles. The molecule has 0 aliphatic rings. The zero-order valence-corrected chi connectivity index (χ0v) is 12.8. The van der Waals surface area contributed by atoms with Gasteiger partial charge in [-0.05, 0) is 35.9 Å². The summed E-state index contributed by atoms with van der Waals surface area (Å²) < 4.78 is 26.9. The molecule has 2 aromatic rings. The van der Waals surface area contributed by atoms with E-state index in [-0.39, 0.29) is 4.90 Å². The van der Waals surface area contributed by atoms with E-state index in [1.807, 2.05) is 0 Å². The molecule has 0 unspecified atom stereocenters. The van der Waals surface area contributed by atoms with Crippen molar-refractivity contribution in [2.75, 3.05) is 4.72 Å². The summed E-state index contributed by atoms with van der Waals surface area (Å²) in [6.07, 6.45) is 2.35. The van der Waals surface area contributed by atoms with Crippen LogP contribution in [0.3, 0.4) is 0 Å². The topological polar surface area (TPSA) is 83.5 Å². The molecule has 0 aliphatic heterocycles. The quantitative estimate of drug-likeness (QED) is 0.820. The van der Waals surface area contributed by atoms with Gasteiger partial charge in [0.05, 0.1) is 15.6 Å². The summed E-state index contributed by atoms with van der Waals surface area (Å²) in [4.78, 5) is 10.5. The summed E-state index contributed by atoms with van der Waals surface area (Å²) in [7, 11) is -3.76. The maximum absolute atomic E-state index is 12.2. The number of benzene rings is 2. The standard InChI is InChI=1S/C15H12ClNO4S/c16-13-3-1-2-4-14(13)17-22(20,21)12-8-5-11(6-9-12)7-10-15(18)19/h1-10,17H,(H,18,19). The molecule has 0 radical (unpaired) electrons. The average molecular weight is 338 g/mol. The second-order valence-electron chi connectivity index (χ2n) is 4.33. The predicted octanol–water partition coefficient (Wildman–Crippen LogP) is 3.24. The van der Waals surface area contributed by atoms with Gasteiger partial charge < -0.3 is 5.11 Å². The first-order valence-corrected chi connectivity index (χ1v) is 8.03. The zero-order chi connectivity index (χ0) is 16.2. The summed E-state index contributed by atoms with van der Waals surface area (Å²) in [6.45, 7) is 0. The zero-order valence-electron chi connectivity index (χ0n) is 11.2. The number of aliphatic carboxylic acids is 1. The molecule has 0 bridgehead atoms. The van der Waals surface area contributed by atoms with Crippen molar-refractivity contribution in [3.05, 3.63) is 65.2 Å². The molecule has 0 aromatic heterocycles. The third kappa shape index (κ3) is 4.09. The molecule has 0 spiro atoms. The lowest BCUT2D eigenvalue weighted by atomic mass is 10.2. The molecule has 7 heteroatoms. The second-order valence-corrected chi connectivity index (χ2v) is 6.42. The molecule has 2 rings (SSSR count). The Morgan fingerprint density at radius 2 is 1.73 bits per heavy atom. The lowest BCUT2D eigenvalue weighted by Crippen LogP contribution is -2.13. The largest absolute Gasteiger partial charge is 0.478 e. The Kier molecular flexibility index (Phi) is 4.85. The molecule has 114 valence electrons. The smallest absolute Gasteiger partial charge is 0.328 e. The van der Waals surface area contributed by atoms with Gasteiger partial charge in [0.2, 0.25) is 0 Å². The third-order valence-corrected chi connectivity index (χ3v) is 4.44. The minimum Gasteiger partial charge on any atom is -0.478 e. The fraction of sp³-hybridized carbons (Fsp3) is 0. The van der Waals surface area contributed by atoms with Gasteiger partial charge in [0.1, 0.15) is 0 Å². The molecule has 2 N–H and O–H groups in total. The number of carboxylic acids is 1. The molecule has 0 heterocycles. The Balaban J connectivity index is 2.23. The van der Waals surface area contributed by atoms with Crippen molar-refractivity contribution in [3.8, 4) is 0 Å². The van der Waals surface area contributed by atoms with Gasteiger partial charge in [-0.15, -0.1) is 0 Å². The molecule has 0 saturated carbocycles. The number of nitrogens with one attached hydrogen (secondary N) is 1. The van der Waals surface area contributed by atoms with Crippen molar-refractivity contribution in [2.24, 2.45) is 0 Å². The van der Waals surface area contributed by atoms with Crippen LogP contribution < -0.4 is 4.72 Å². The summed E-state index contributed by atoms with van der Waals surface area (Å²) in [5.74, 6) is -1.07. The van der Waals surface area contributed by atoms with E-state index in [9.17, 15) is 13.2 Å². The molecule has 5 nitrogen and oxygen atoms in total. The SMILES string of the molecule is O=C(O)C=Cc1ccc(S(=O)(=O)Nc2ccccc2Cl)cc1. The Hall–Kier alpha value is -2.31. The van der Waals surface area contributed by atoms with Crippen LogP contribution in [0.25, 0.3) is 6.08 Å². The number of carboxylic acid groups (broad SMARTS) is 1. The van der Waals surface area contributed by atoms with Crippen LogP contribution in [-0.2, 0) is 14.8 Å². The van der Waals surface area contributed by atoms with E-state index >= 15 is 0 Å². The Morgan fingerprint density at radius 3 is 2.32 bits per heavy atom. The van der Waals surface area contributed by atoms with E-state index in [0.29, 0.717) is 16.3 Å². The van der Waals surface area contributed by atoms with Gasteiger partial charge in [0.25, 0.3) is 10.0 Å². The van der Waals surface area contributed by atoms with Crippen molar-refractivity contribution in [1.29, 1.82) is 0 Å². The van der Waals surface area contributed by atoms with Gasteiger partial charge in [-0.3, -0.25) is 4.72 Å². The first-order chi connectivity index (χ1) is 10.4. The van der Waals surface area contributed by atoms with E-state index in [4.69, 9.17) is 16.7 Å². The molecule has 0 atom stereocenters. The Morgan fingerprint density at radius 1 is 1.09 bits per heavy atom. The average Bonchev–Trinajstić information content (AvgIpc) is 2.48. The normalized spacial score (nSPS) is 11.5. The lowest BCUT2D eigenvalue weighted by Gasteiger charge is -2.09. The van der Waals surface area contributed by atoms with E-state index in [1.165, 1.54) is 30.3 Å². The minimum atomic E-state index is -3.76. The minimum absolute atomic E-state index is 0.0555. The van der Waals surface area contributed by atoms with Crippen LogP contribution >= 0.6 is 11.6 Å². The van der Waals surface area contributed by atoms with Gasteiger partial charge in [0.15, 0.2) is 0 Å². The number of sulfonamides is 1. The fourth-order valence-corrected chi connectivity index (χ4v) is 2.99. The van der Waals surface area contributed by atoms with Crippen molar-refractivity contribution in [1.82, 2.24) is 0 Å².